The van der Waals surface area contributed by atoms with Gasteiger partial charge in [0.2, 0.25) is 5.95 Å². The molecule has 0 saturated heterocycles. The summed E-state index contributed by atoms with van der Waals surface area (Å²) in [6.07, 6.45) is 0. The summed E-state index contributed by atoms with van der Waals surface area (Å²) >= 11 is 5.29. The van der Waals surface area contributed by atoms with Crippen molar-refractivity contribution in [2.75, 3.05) is 5.73 Å². The van der Waals surface area contributed by atoms with Gasteiger partial charge in [-0.2, -0.15) is 4.39 Å². The fourth-order valence-corrected chi connectivity index (χ4v) is 0.537. The summed E-state index contributed by atoms with van der Waals surface area (Å²) < 4.78 is 12.3. The highest BCUT2D eigenvalue weighted by molar-refractivity contribution is 6.30. The van der Waals surface area contributed by atoms with Crippen LogP contribution in [0, 0.1) is 5.95 Å². The second-order valence-electron chi connectivity index (χ2n) is 1.51. The lowest BCUT2D eigenvalue weighted by molar-refractivity contribution is 0.586. The summed E-state index contributed by atoms with van der Waals surface area (Å²) in [7, 11) is 0. The molecule has 0 spiro atoms. The van der Waals surface area contributed by atoms with Crippen molar-refractivity contribution in [3.63, 3.8) is 0 Å². The Labute approximate surface area is 83.9 Å². The molecular formula is C9H16ClFN2. The first-order chi connectivity index (χ1) is 6.20. The topological polar surface area (TPSA) is 38.9 Å². The Morgan fingerprint density at radius 2 is 1.69 bits per heavy atom. The molecule has 0 fully saturated rings. The smallest absolute Gasteiger partial charge is 0.233 e. The monoisotopic (exact) mass is 206 g/mol. The highest BCUT2D eigenvalue weighted by Gasteiger charge is 1.97. The van der Waals surface area contributed by atoms with Crippen molar-refractivity contribution >= 4 is 17.4 Å². The number of halogens is 2. The molecule has 2 N–H and O–H groups in total. The number of rotatable bonds is 0. The lowest BCUT2D eigenvalue weighted by atomic mass is 10.5. The predicted octanol–water partition coefficient (Wildman–Crippen LogP) is 3.51. The van der Waals surface area contributed by atoms with Gasteiger partial charge in [0.1, 0.15) is 5.82 Å². The van der Waals surface area contributed by atoms with E-state index in [1.807, 2.05) is 27.7 Å². The molecule has 1 rings (SSSR count). The maximum absolute atomic E-state index is 12.3. The van der Waals surface area contributed by atoms with Crippen molar-refractivity contribution in [2.24, 2.45) is 0 Å². The molecule has 1 aromatic rings. The fraction of sp³-hybridized carbons (Fsp3) is 0.444. The number of nitrogen functional groups attached to an aromatic ring is 1. The first-order valence-corrected chi connectivity index (χ1v) is 4.65. The summed E-state index contributed by atoms with van der Waals surface area (Å²) in [5.41, 5.74) is 5.12. The summed E-state index contributed by atoms with van der Waals surface area (Å²) in [6, 6.07) is 2.80. The molecule has 13 heavy (non-hydrogen) atoms. The van der Waals surface area contributed by atoms with Gasteiger partial charge in [0.15, 0.2) is 0 Å². The Kier molecular flexibility index (Phi) is 10.5. The van der Waals surface area contributed by atoms with Crippen LogP contribution in [0.5, 0.6) is 0 Å². The highest BCUT2D eigenvalue weighted by atomic mass is 35.5. The normalized spacial score (nSPS) is 7.54. The SMILES string of the molecule is CC.CC.Nc1ccc(Cl)c(F)n1. The molecule has 1 heterocycles. The van der Waals surface area contributed by atoms with Crippen LogP contribution in [0.4, 0.5) is 10.2 Å². The van der Waals surface area contributed by atoms with E-state index in [2.05, 4.69) is 4.98 Å². The first-order valence-electron chi connectivity index (χ1n) is 4.27. The zero-order chi connectivity index (χ0) is 10.9. The first kappa shape index (κ1) is 14.7. The average Bonchev–Trinajstić information content (AvgIpc) is 2.18. The summed E-state index contributed by atoms with van der Waals surface area (Å²) in [5, 5.41) is -0.01000. The number of pyridine rings is 1. The molecule has 2 nitrogen and oxygen atoms in total. The van der Waals surface area contributed by atoms with Crippen LogP contribution < -0.4 is 5.73 Å². The molecule has 0 aliphatic carbocycles. The minimum Gasteiger partial charge on any atom is -0.384 e. The van der Waals surface area contributed by atoms with Gasteiger partial charge in [-0.1, -0.05) is 39.3 Å². The molecule has 0 saturated carbocycles. The molecule has 4 heteroatoms. The van der Waals surface area contributed by atoms with Gasteiger partial charge in [0.05, 0.1) is 5.02 Å². The number of nitrogens with zero attached hydrogens (tertiary/aromatic N) is 1. The van der Waals surface area contributed by atoms with Gasteiger partial charge in [0, 0.05) is 0 Å². The van der Waals surface area contributed by atoms with Crippen molar-refractivity contribution < 1.29 is 4.39 Å². The molecule has 0 unspecified atom stereocenters. The second kappa shape index (κ2) is 9.26. The van der Waals surface area contributed by atoms with E-state index < -0.39 is 5.95 Å². The Hall–Kier alpha value is -0.830. The number of hydrogen-bond acceptors (Lipinski definition) is 2. The Balaban J connectivity index is 0. The van der Waals surface area contributed by atoms with Gasteiger partial charge in [-0.05, 0) is 12.1 Å². The van der Waals surface area contributed by atoms with E-state index in [-0.39, 0.29) is 10.8 Å². The molecule has 0 amide bonds. The third kappa shape index (κ3) is 6.34. The summed E-state index contributed by atoms with van der Waals surface area (Å²) in [4.78, 5) is 3.25. The lowest BCUT2D eigenvalue weighted by Gasteiger charge is -1.92. The third-order valence-corrected chi connectivity index (χ3v) is 1.11. The molecule has 76 valence electrons. The molecular weight excluding hydrogens is 191 g/mol. The van der Waals surface area contributed by atoms with Gasteiger partial charge in [0.25, 0.3) is 0 Å². The lowest BCUT2D eigenvalue weighted by Crippen LogP contribution is -1.91. The Bertz CT molecular complexity index is 229. The van der Waals surface area contributed by atoms with Crippen molar-refractivity contribution in [1.29, 1.82) is 0 Å². The van der Waals surface area contributed by atoms with E-state index >= 15 is 0 Å². The zero-order valence-corrected chi connectivity index (χ0v) is 9.19. The predicted molar refractivity (Wildman–Crippen MR) is 56.3 cm³/mol. The van der Waals surface area contributed by atoms with Crippen LogP contribution >= 0.6 is 11.6 Å². The van der Waals surface area contributed by atoms with E-state index in [0.717, 1.165) is 0 Å². The van der Waals surface area contributed by atoms with Gasteiger partial charge >= 0.3 is 0 Å². The van der Waals surface area contributed by atoms with Crippen LogP contribution in [-0.2, 0) is 0 Å². The zero-order valence-electron chi connectivity index (χ0n) is 8.44. The van der Waals surface area contributed by atoms with Crippen molar-refractivity contribution in [3.8, 4) is 0 Å². The van der Waals surface area contributed by atoms with E-state index in [1.165, 1.54) is 12.1 Å². The van der Waals surface area contributed by atoms with Crippen LogP contribution in [0.2, 0.25) is 5.02 Å². The maximum Gasteiger partial charge on any atom is 0.233 e. The molecule has 0 radical (unpaired) electrons. The van der Waals surface area contributed by atoms with E-state index in [4.69, 9.17) is 17.3 Å². The number of anilines is 1. The maximum atomic E-state index is 12.3. The Morgan fingerprint density at radius 1 is 1.23 bits per heavy atom. The van der Waals surface area contributed by atoms with E-state index in [9.17, 15) is 4.39 Å². The highest BCUT2D eigenvalue weighted by Crippen LogP contribution is 2.12. The van der Waals surface area contributed by atoms with Crippen molar-refractivity contribution in [1.82, 2.24) is 4.98 Å². The number of nitrogens with two attached hydrogens (primary N) is 1. The van der Waals surface area contributed by atoms with Crippen molar-refractivity contribution in [2.45, 2.75) is 27.7 Å². The second-order valence-corrected chi connectivity index (χ2v) is 1.92. The van der Waals surface area contributed by atoms with Gasteiger partial charge < -0.3 is 5.73 Å². The van der Waals surface area contributed by atoms with Crippen molar-refractivity contribution in [3.05, 3.63) is 23.1 Å². The molecule has 1 aromatic heterocycles. The van der Waals surface area contributed by atoms with Crippen LogP contribution in [0.15, 0.2) is 12.1 Å². The van der Waals surface area contributed by atoms with Gasteiger partial charge in [-0.15, -0.1) is 0 Å². The number of hydrogen-bond donors (Lipinski definition) is 1. The molecule has 0 aromatic carbocycles. The molecule has 0 aliphatic heterocycles. The third-order valence-electron chi connectivity index (χ3n) is 0.825. The Morgan fingerprint density at radius 3 is 2.00 bits per heavy atom. The summed E-state index contributed by atoms with van der Waals surface area (Å²) in [6.45, 7) is 8.00. The van der Waals surface area contributed by atoms with Crippen LogP contribution in [-0.4, -0.2) is 4.98 Å². The van der Waals surface area contributed by atoms with Crippen LogP contribution in [0.25, 0.3) is 0 Å². The summed E-state index contributed by atoms with van der Waals surface area (Å²) in [5.74, 6) is -0.589. The average molecular weight is 207 g/mol. The van der Waals surface area contributed by atoms with E-state index in [0.29, 0.717) is 0 Å². The minimum atomic E-state index is -0.725. The van der Waals surface area contributed by atoms with E-state index in [1.54, 1.807) is 0 Å². The van der Waals surface area contributed by atoms with Gasteiger partial charge in [-0.25, -0.2) is 4.98 Å². The molecule has 0 bridgehead atoms. The van der Waals surface area contributed by atoms with Gasteiger partial charge in [-0.3, -0.25) is 0 Å². The quantitative estimate of drug-likeness (QED) is 0.660. The standard InChI is InChI=1S/C5H4ClFN2.2C2H6/c6-3-1-2-4(8)9-5(3)7;2*1-2/h1-2H,(H2,8,9);2*1-2H3. The van der Waals surface area contributed by atoms with Crippen LogP contribution in [0.1, 0.15) is 27.7 Å². The largest absolute Gasteiger partial charge is 0.384 e. The van der Waals surface area contributed by atoms with Crippen LogP contribution in [0.3, 0.4) is 0 Å². The minimum absolute atomic E-state index is 0.01000. The number of aromatic nitrogens is 1. The molecule has 0 aliphatic rings. The fourth-order valence-electron chi connectivity index (χ4n) is 0.431. The molecule has 0 atom stereocenters.